The quantitative estimate of drug-likeness (QED) is 0.238. The number of ketones is 1. The van der Waals surface area contributed by atoms with Crippen LogP contribution >= 0.6 is 0 Å². The summed E-state index contributed by atoms with van der Waals surface area (Å²) >= 11 is 0. The summed E-state index contributed by atoms with van der Waals surface area (Å²) in [6.07, 6.45) is 0.609. The van der Waals surface area contributed by atoms with Crippen LogP contribution in [0.25, 0.3) is 5.41 Å². The van der Waals surface area contributed by atoms with E-state index in [1.165, 1.54) is 5.87 Å². The summed E-state index contributed by atoms with van der Waals surface area (Å²) in [7, 11) is 0. The van der Waals surface area contributed by atoms with Gasteiger partial charge in [0.1, 0.15) is 0 Å². The van der Waals surface area contributed by atoms with Crippen molar-refractivity contribution < 1.29 is 14.3 Å². The maximum Gasteiger partial charge on any atom is 0.379 e. The molecule has 0 unspecified atom stereocenters. The lowest BCUT2D eigenvalue weighted by atomic mass is 10.4. The van der Waals surface area contributed by atoms with E-state index in [1.807, 2.05) is 0 Å². The van der Waals surface area contributed by atoms with Gasteiger partial charge in [0.2, 0.25) is 0 Å². The van der Waals surface area contributed by atoms with Crippen LogP contribution in [0.3, 0.4) is 0 Å². The molecule has 0 rings (SSSR count). The predicted octanol–water partition coefficient (Wildman–Crippen LogP) is -0.0861. The number of hydrogen-bond acceptors (Lipinski definition) is 3. The second-order valence-corrected chi connectivity index (χ2v) is 1.36. The van der Waals surface area contributed by atoms with E-state index in [9.17, 15) is 9.59 Å². The highest BCUT2D eigenvalue weighted by Crippen LogP contribution is 1.80. The minimum Gasteiger partial charge on any atom is -0.763 e. The van der Waals surface area contributed by atoms with Crippen LogP contribution in [0.1, 0.15) is 6.92 Å². The van der Waals surface area contributed by atoms with Crippen LogP contribution in [0.2, 0.25) is 0 Å². The molecule has 0 saturated heterocycles. The molecular weight excluding hydrogens is 134 g/mol. The first kappa shape index (κ1) is 8.59. The molecule has 0 aromatic heterocycles. The Hall–Kier alpha value is -1.41. The Labute approximate surface area is 58.0 Å². The third-order valence-electron chi connectivity index (χ3n) is 0.672. The molecule has 0 amide bonds. The summed E-state index contributed by atoms with van der Waals surface area (Å²) in [5, 5.41) is 7.92. The Morgan fingerprint density at radius 2 is 2.30 bits per heavy atom. The Kier molecular flexibility index (Phi) is 3.84. The summed E-state index contributed by atoms with van der Waals surface area (Å²) in [5.74, 6) is -0.464. The fourth-order valence-corrected chi connectivity index (χ4v) is 0.320. The van der Waals surface area contributed by atoms with E-state index in [-0.39, 0.29) is 6.61 Å². The molecule has 0 saturated carbocycles. The van der Waals surface area contributed by atoms with E-state index in [0.29, 0.717) is 6.08 Å². The van der Waals surface area contributed by atoms with Crippen molar-refractivity contribution in [2.24, 2.45) is 0 Å². The van der Waals surface area contributed by atoms with Crippen molar-refractivity contribution in [3.8, 4) is 0 Å². The van der Waals surface area contributed by atoms with Gasteiger partial charge < -0.3 is 10.1 Å². The fraction of sp³-hybridized carbons (Fsp3) is 0.333. The molecule has 0 aromatic rings. The number of hydrogen-bond donors (Lipinski definition) is 0. The third kappa shape index (κ3) is 2.79. The maximum absolute atomic E-state index is 10.4. The van der Waals surface area contributed by atoms with Gasteiger partial charge in [0.15, 0.2) is 0 Å². The normalized spacial score (nSPS) is 7.70. The molecule has 0 atom stereocenters. The van der Waals surface area contributed by atoms with E-state index in [1.54, 1.807) is 6.92 Å². The standard InChI is InChI=1S/C6H6NO3/c1-2-10-6(9)5(8)3-4-7/h3H,2H2,1H3/q-1. The van der Waals surface area contributed by atoms with Gasteiger partial charge in [-0.3, -0.25) is 10.7 Å². The van der Waals surface area contributed by atoms with Crippen LogP contribution in [0.4, 0.5) is 0 Å². The van der Waals surface area contributed by atoms with Gasteiger partial charge in [-0.2, -0.15) is 0 Å². The summed E-state index contributed by atoms with van der Waals surface area (Å²) in [6.45, 7) is 1.72. The largest absolute Gasteiger partial charge is 0.763 e. The van der Waals surface area contributed by atoms with Gasteiger partial charge in [0.05, 0.1) is 6.61 Å². The number of nitrogens with zero attached hydrogens (tertiary/aromatic N) is 1. The number of carbonyl (C=O) groups is 2. The summed E-state index contributed by atoms with van der Waals surface area (Å²) in [6, 6.07) is 0. The average Bonchev–Trinajstić information content (AvgIpc) is 1.89. The smallest absolute Gasteiger partial charge is 0.379 e. The van der Waals surface area contributed by atoms with E-state index in [2.05, 4.69) is 4.74 Å². The maximum atomic E-state index is 10.4. The lowest BCUT2D eigenvalue weighted by Crippen LogP contribution is -2.14. The number of esters is 1. The van der Waals surface area contributed by atoms with E-state index < -0.39 is 11.8 Å². The molecule has 0 N–H and O–H groups in total. The van der Waals surface area contributed by atoms with E-state index in [0.717, 1.165) is 0 Å². The minimum atomic E-state index is -0.982. The van der Waals surface area contributed by atoms with Crippen molar-refractivity contribution >= 4 is 17.6 Å². The third-order valence-corrected chi connectivity index (χ3v) is 0.672. The van der Waals surface area contributed by atoms with Crippen LogP contribution in [0.5, 0.6) is 0 Å². The van der Waals surface area contributed by atoms with Crippen molar-refractivity contribution in [2.45, 2.75) is 6.92 Å². The first-order chi connectivity index (χ1) is 4.72. The first-order valence-electron chi connectivity index (χ1n) is 2.66. The molecule has 0 aliphatic carbocycles. The minimum absolute atomic E-state index is 0.143. The SMILES string of the molecule is CCOC(=O)C(=O)C=C=[N-]. The monoisotopic (exact) mass is 140 g/mol. The van der Waals surface area contributed by atoms with Crippen LogP contribution < -0.4 is 0 Å². The molecule has 0 fully saturated rings. The average molecular weight is 140 g/mol. The zero-order valence-corrected chi connectivity index (χ0v) is 5.46. The molecule has 10 heavy (non-hydrogen) atoms. The van der Waals surface area contributed by atoms with Gasteiger partial charge in [-0.25, -0.2) is 4.79 Å². The second-order valence-electron chi connectivity index (χ2n) is 1.36. The van der Waals surface area contributed by atoms with Crippen molar-refractivity contribution in [3.05, 3.63) is 11.5 Å². The lowest BCUT2D eigenvalue weighted by molar-refractivity contribution is -0.151. The Morgan fingerprint density at radius 3 is 2.70 bits per heavy atom. The van der Waals surface area contributed by atoms with E-state index >= 15 is 0 Å². The highest BCUT2D eigenvalue weighted by atomic mass is 16.5. The highest BCUT2D eigenvalue weighted by Gasteiger charge is 2.08. The molecule has 0 bridgehead atoms. The Morgan fingerprint density at radius 1 is 1.70 bits per heavy atom. The Bertz CT molecular complexity index is 191. The van der Waals surface area contributed by atoms with Crippen LogP contribution in [0.15, 0.2) is 6.08 Å². The van der Waals surface area contributed by atoms with Gasteiger partial charge in [-0.05, 0) is 6.92 Å². The molecule has 0 spiro atoms. The molecular formula is C6H6NO3-. The van der Waals surface area contributed by atoms with Crippen molar-refractivity contribution in [3.63, 3.8) is 0 Å². The van der Waals surface area contributed by atoms with Gasteiger partial charge in [0.25, 0.3) is 5.78 Å². The molecule has 0 aliphatic heterocycles. The fourth-order valence-electron chi connectivity index (χ4n) is 0.320. The molecule has 4 nitrogen and oxygen atoms in total. The lowest BCUT2D eigenvalue weighted by Gasteiger charge is -1.94. The van der Waals surface area contributed by atoms with Crippen molar-refractivity contribution in [1.29, 1.82) is 0 Å². The molecule has 54 valence electrons. The van der Waals surface area contributed by atoms with Crippen molar-refractivity contribution in [1.82, 2.24) is 0 Å². The summed E-state index contributed by atoms with van der Waals surface area (Å²) in [5.41, 5.74) is 0. The Balaban J connectivity index is 3.95. The number of ether oxygens (including phenoxy) is 1. The molecule has 0 radical (unpaired) electrons. The molecule has 0 heterocycles. The molecule has 0 aromatic carbocycles. The van der Waals surface area contributed by atoms with Crippen LogP contribution in [-0.4, -0.2) is 24.2 Å². The van der Waals surface area contributed by atoms with Gasteiger partial charge in [0, 0.05) is 6.08 Å². The van der Waals surface area contributed by atoms with Gasteiger partial charge in [-0.15, -0.1) is 0 Å². The first-order valence-corrected chi connectivity index (χ1v) is 2.66. The van der Waals surface area contributed by atoms with Gasteiger partial charge in [-0.1, -0.05) is 0 Å². The highest BCUT2D eigenvalue weighted by molar-refractivity contribution is 6.39. The van der Waals surface area contributed by atoms with Crippen LogP contribution in [0, 0.1) is 0 Å². The second kappa shape index (κ2) is 4.47. The predicted molar refractivity (Wildman–Crippen MR) is 34.6 cm³/mol. The number of carbonyl (C=O) groups excluding carboxylic acids is 2. The molecule has 0 aliphatic rings. The summed E-state index contributed by atoms with van der Waals surface area (Å²) < 4.78 is 4.29. The van der Waals surface area contributed by atoms with E-state index in [4.69, 9.17) is 5.41 Å². The topological polar surface area (TPSA) is 65.7 Å². The van der Waals surface area contributed by atoms with Gasteiger partial charge >= 0.3 is 5.97 Å². The van der Waals surface area contributed by atoms with Crippen molar-refractivity contribution in [2.75, 3.05) is 6.61 Å². The molecule has 4 heteroatoms. The number of rotatable bonds is 3. The van der Waals surface area contributed by atoms with Crippen LogP contribution in [-0.2, 0) is 14.3 Å². The zero-order valence-electron chi connectivity index (χ0n) is 5.46. The zero-order chi connectivity index (χ0) is 7.98. The summed E-state index contributed by atoms with van der Waals surface area (Å²) in [4.78, 5) is 20.8.